The van der Waals surface area contributed by atoms with Crippen molar-refractivity contribution in [2.75, 3.05) is 19.6 Å². The number of nitrogens with zero attached hydrogens (tertiary/aromatic N) is 2. The molecule has 2 N–H and O–H groups in total. The summed E-state index contributed by atoms with van der Waals surface area (Å²) in [4.78, 5) is 19.1. The van der Waals surface area contributed by atoms with E-state index in [-0.39, 0.29) is 23.3 Å². The summed E-state index contributed by atoms with van der Waals surface area (Å²) < 4.78 is 28.0. The number of hydrogen-bond acceptors (Lipinski definition) is 5. The van der Waals surface area contributed by atoms with Crippen LogP contribution in [0.2, 0.25) is 5.02 Å². The van der Waals surface area contributed by atoms with Crippen molar-refractivity contribution in [1.82, 2.24) is 10.2 Å². The van der Waals surface area contributed by atoms with Gasteiger partial charge in [-0.1, -0.05) is 23.7 Å². The van der Waals surface area contributed by atoms with Crippen LogP contribution in [-0.4, -0.2) is 46.3 Å². The number of carbonyl (C=O) groups excluding carboxylic acids is 1. The molecule has 0 unspecified atom stereocenters. The minimum atomic E-state index is -2.94. The van der Waals surface area contributed by atoms with E-state index in [2.05, 4.69) is 21.3 Å². The van der Waals surface area contributed by atoms with Gasteiger partial charge in [-0.25, -0.2) is 8.78 Å². The summed E-state index contributed by atoms with van der Waals surface area (Å²) in [6, 6.07) is 4.68. The van der Waals surface area contributed by atoms with E-state index in [1.54, 1.807) is 26.0 Å². The van der Waals surface area contributed by atoms with Crippen LogP contribution in [0.15, 0.2) is 34.2 Å². The van der Waals surface area contributed by atoms with Gasteiger partial charge in [-0.05, 0) is 75.2 Å². The zero-order chi connectivity index (χ0) is 22.8. The molecule has 0 bridgehead atoms. The molecule has 170 valence electrons. The number of aliphatic hydroxyl groups is 1. The Balaban J connectivity index is 1.63. The number of halogens is 3. The molecule has 0 saturated carbocycles. The van der Waals surface area contributed by atoms with Crippen molar-refractivity contribution in [3.8, 4) is 0 Å². The summed E-state index contributed by atoms with van der Waals surface area (Å²) in [5, 5.41) is 12.8. The van der Waals surface area contributed by atoms with Crippen molar-refractivity contribution < 1.29 is 18.7 Å². The van der Waals surface area contributed by atoms with Crippen molar-refractivity contribution in [3.63, 3.8) is 0 Å². The Morgan fingerprint density at radius 1 is 1.32 bits per heavy atom. The van der Waals surface area contributed by atoms with Gasteiger partial charge in [-0.15, -0.1) is 0 Å². The highest BCUT2D eigenvalue weighted by Crippen LogP contribution is 2.34. The fourth-order valence-electron chi connectivity index (χ4n) is 3.66. The highest BCUT2D eigenvalue weighted by molar-refractivity contribution is 8.18. The number of allylic oxidation sites excluding steroid dienone is 1. The molecule has 2 saturated heterocycles. The molecule has 1 aromatic carbocycles. The number of hydrogen-bond donors (Lipinski definition) is 2. The second-order valence-corrected chi connectivity index (χ2v) is 10.3. The molecular formula is C22H28ClF2N3O2S. The van der Waals surface area contributed by atoms with Crippen LogP contribution >= 0.6 is 23.4 Å². The highest BCUT2D eigenvalue weighted by atomic mass is 35.5. The first-order valence-electron chi connectivity index (χ1n) is 10.3. The molecule has 5 nitrogen and oxygen atoms in total. The lowest BCUT2D eigenvalue weighted by Crippen LogP contribution is -2.33. The molecule has 3 rings (SSSR count). The lowest BCUT2D eigenvalue weighted by atomic mass is 9.95. The number of piperidine rings is 1. The van der Waals surface area contributed by atoms with Gasteiger partial charge >= 0.3 is 0 Å². The van der Waals surface area contributed by atoms with E-state index in [0.717, 1.165) is 49.5 Å². The molecule has 2 aliphatic heterocycles. The van der Waals surface area contributed by atoms with Crippen molar-refractivity contribution >= 4 is 34.4 Å². The Hall–Kier alpha value is -1.48. The van der Waals surface area contributed by atoms with Crippen LogP contribution < -0.4 is 5.32 Å². The molecule has 9 heteroatoms. The average molecular weight is 472 g/mol. The number of carbonyl (C=O) groups is 1. The number of rotatable bonds is 6. The van der Waals surface area contributed by atoms with E-state index >= 15 is 0 Å². The largest absolute Gasteiger partial charge is 0.389 e. The maximum atomic E-state index is 14.0. The smallest absolute Gasteiger partial charge is 0.289 e. The number of amides is 1. The lowest BCUT2D eigenvalue weighted by Gasteiger charge is -2.31. The van der Waals surface area contributed by atoms with Gasteiger partial charge in [0.1, 0.15) is 5.84 Å². The molecule has 1 aromatic rings. The van der Waals surface area contributed by atoms with Gasteiger partial charge in [0, 0.05) is 24.1 Å². The van der Waals surface area contributed by atoms with Crippen LogP contribution in [0.1, 0.15) is 44.7 Å². The standard InChI is InChI=1S/C22H28ClF2N3O2S/c1-21(2,30)13-26-19-18(31-20(29)27-19)10-14-6-8-28(9-7-14)12-15-4-5-16(23)11-17(15)22(3,24)25/h4-5,10-11,14,30H,6-9,12-13H2,1-3H3,(H,26,27,29). The zero-order valence-electron chi connectivity index (χ0n) is 17.9. The maximum absolute atomic E-state index is 14.0. The molecule has 31 heavy (non-hydrogen) atoms. The average Bonchev–Trinajstić information content (AvgIpc) is 3.01. The molecule has 0 aromatic heterocycles. The Bertz CT molecular complexity index is 886. The molecule has 0 radical (unpaired) electrons. The van der Waals surface area contributed by atoms with Crippen molar-refractivity contribution in [1.29, 1.82) is 0 Å². The van der Waals surface area contributed by atoms with Crippen LogP contribution in [0.3, 0.4) is 0 Å². The molecule has 2 aliphatic rings. The summed E-state index contributed by atoms with van der Waals surface area (Å²) in [7, 11) is 0. The third kappa shape index (κ3) is 7.00. The summed E-state index contributed by atoms with van der Waals surface area (Å²) in [6.07, 6.45) is 3.79. The van der Waals surface area contributed by atoms with E-state index in [1.807, 2.05) is 0 Å². The third-order valence-electron chi connectivity index (χ3n) is 5.24. The molecule has 2 fully saturated rings. The van der Waals surface area contributed by atoms with Gasteiger partial charge in [0.05, 0.1) is 17.1 Å². The number of amidine groups is 1. The molecule has 1 amide bonds. The quantitative estimate of drug-likeness (QED) is 0.600. The minimum Gasteiger partial charge on any atom is -0.389 e. The van der Waals surface area contributed by atoms with Gasteiger partial charge in [0.25, 0.3) is 11.2 Å². The lowest BCUT2D eigenvalue weighted by molar-refractivity contribution is 0.0156. The molecule has 0 spiro atoms. The first-order valence-corrected chi connectivity index (χ1v) is 11.5. The first-order chi connectivity index (χ1) is 14.4. The van der Waals surface area contributed by atoms with Gasteiger partial charge < -0.3 is 10.4 Å². The number of benzene rings is 1. The van der Waals surface area contributed by atoms with Crippen molar-refractivity contribution in [2.24, 2.45) is 10.9 Å². The van der Waals surface area contributed by atoms with Crippen molar-refractivity contribution in [3.05, 3.63) is 45.3 Å². The molecule has 0 aliphatic carbocycles. The van der Waals surface area contributed by atoms with E-state index < -0.39 is 11.5 Å². The van der Waals surface area contributed by atoms with Crippen LogP contribution in [0.5, 0.6) is 0 Å². The SMILES string of the molecule is CC(C)(O)CN=C1NC(=O)SC1=CC1CCN(Cc2ccc(Cl)cc2C(C)(F)F)CC1. The van der Waals surface area contributed by atoms with Gasteiger partial charge in [0.15, 0.2) is 0 Å². The van der Waals surface area contributed by atoms with Crippen LogP contribution in [-0.2, 0) is 12.5 Å². The molecular weight excluding hydrogens is 444 g/mol. The van der Waals surface area contributed by atoms with Crippen molar-refractivity contribution in [2.45, 2.75) is 51.7 Å². The van der Waals surface area contributed by atoms with Crippen LogP contribution in [0.25, 0.3) is 0 Å². The Labute approximate surface area is 190 Å². The van der Waals surface area contributed by atoms with E-state index in [0.29, 0.717) is 23.0 Å². The zero-order valence-corrected chi connectivity index (χ0v) is 19.5. The predicted octanol–water partition coefficient (Wildman–Crippen LogP) is 5.17. The molecule has 2 heterocycles. The Morgan fingerprint density at radius 3 is 2.61 bits per heavy atom. The number of thioether (sulfide) groups is 1. The van der Waals surface area contributed by atoms with Gasteiger partial charge in [0.2, 0.25) is 0 Å². The summed E-state index contributed by atoms with van der Waals surface area (Å²) in [5.41, 5.74) is -0.378. The number of aliphatic imine (C=N–C) groups is 1. The fraction of sp³-hybridized carbons (Fsp3) is 0.545. The monoisotopic (exact) mass is 471 g/mol. The van der Waals surface area contributed by atoms with E-state index in [1.165, 1.54) is 6.07 Å². The number of alkyl halides is 2. The third-order valence-corrected chi connectivity index (χ3v) is 6.31. The van der Waals surface area contributed by atoms with Gasteiger partial charge in [-0.2, -0.15) is 0 Å². The Kier molecular flexibility index (Phi) is 7.46. The van der Waals surface area contributed by atoms with E-state index in [4.69, 9.17) is 11.6 Å². The predicted molar refractivity (Wildman–Crippen MR) is 122 cm³/mol. The Morgan fingerprint density at radius 2 is 2.00 bits per heavy atom. The van der Waals surface area contributed by atoms with Crippen LogP contribution in [0.4, 0.5) is 13.6 Å². The normalized spacial score (nSPS) is 21.8. The second kappa shape index (κ2) is 9.57. The highest BCUT2D eigenvalue weighted by Gasteiger charge is 2.30. The maximum Gasteiger partial charge on any atom is 0.289 e. The number of nitrogens with one attached hydrogen (secondary N) is 1. The second-order valence-electron chi connectivity index (χ2n) is 8.83. The summed E-state index contributed by atoms with van der Waals surface area (Å²) >= 11 is 7.04. The first kappa shape index (κ1) is 24.2. The van der Waals surface area contributed by atoms with Gasteiger partial charge in [-0.3, -0.25) is 14.7 Å². The summed E-state index contributed by atoms with van der Waals surface area (Å²) in [5.74, 6) is -2.16. The molecule has 0 atom stereocenters. The van der Waals surface area contributed by atoms with Crippen LogP contribution in [0, 0.1) is 5.92 Å². The topological polar surface area (TPSA) is 64.9 Å². The summed E-state index contributed by atoms with van der Waals surface area (Å²) in [6.45, 7) is 6.42. The fourth-order valence-corrected chi connectivity index (χ4v) is 4.66. The number of likely N-dealkylation sites (tertiary alicyclic amines) is 1. The minimum absolute atomic E-state index is 0.0242. The van der Waals surface area contributed by atoms with E-state index in [9.17, 15) is 18.7 Å².